The topological polar surface area (TPSA) is 76.1 Å². The van der Waals surface area contributed by atoms with Gasteiger partial charge >= 0.3 is 0 Å². The first kappa shape index (κ1) is 18.2. The summed E-state index contributed by atoms with van der Waals surface area (Å²) in [4.78, 5) is 20.0. The fourth-order valence-electron chi connectivity index (χ4n) is 2.20. The molecule has 9 heteroatoms. The Morgan fingerprint density at radius 1 is 0.963 bits per heavy atom. The van der Waals surface area contributed by atoms with E-state index in [0.29, 0.717) is 11.4 Å². The van der Waals surface area contributed by atoms with Gasteiger partial charge in [-0.25, -0.2) is 23.1 Å². The Morgan fingerprint density at radius 3 is 2.37 bits per heavy atom. The maximum Gasteiger partial charge on any atom is 0.258 e. The highest BCUT2D eigenvalue weighted by Gasteiger charge is 2.15. The fraction of sp³-hybridized carbons (Fsp3) is 0.0556. The number of halogens is 3. The van der Waals surface area contributed by atoms with Gasteiger partial charge in [0.2, 0.25) is 5.95 Å². The van der Waals surface area contributed by atoms with Gasteiger partial charge in [-0.1, -0.05) is 12.1 Å². The van der Waals surface area contributed by atoms with Gasteiger partial charge < -0.3 is 15.4 Å². The molecular formula is C18H13F3N4O2. The summed E-state index contributed by atoms with van der Waals surface area (Å²) in [5, 5.41) is 5.07. The summed E-state index contributed by atoms with van der Waals surface area (Å²) >= 11 is 0. The van der Waals surface area contributed by atoms with Gasteiger partial charge in [-0.05, 0) is 24.3 Å². The predicted octanol–water partition coefficient (Wildman–Crippen LogP) is 3.90. The number of carbonyl (C=O) groups excluding carboxylic acids is 1. The van der Waals surface area contributed by atoms with Gasteiger partial charge in [-0.15, -0.1) is 0 Å². The first-order chi connectivity index (χ1) is 13.0. The van der Waals surface area contributed by atoms with E-state index in [2.05, 4.69) is 20.6 Å². The molecule has 0 saturated heterocycles. The van der Waals surface area contributed by atoms with Crippen molar-refractivity contribution >= 4 is 23.2 Å². The first-order valence-electron chi connectivity index (χ1n) is 7.66. The monoisotopic (exact) mass is 374 g/mol. The van der Waals surface area contributed by atoms with Gasteiger partial charge in [-0.3, -0.25) is 4.79 Å². The number of rotatable bonds is 5. The van der Waals surface area contributed by atoms with Crippen LogP contribution in [0.3, 0.4) is 0 Å². The van der Waals surface area contributed by atoms with Crippen LogP contribution in [0.5, 0.6) is 5.75 Å². The number of methoxy groups -OCH3 is 1. The number of amides is 1. The van der Waals surface area contributed by atoms with Crippen molar-refractivity contribution in [3.05, 3.63) is 71.8 Å². The summed E-state index contributed by atoms with van der Waals surface area (Å²) < 4.78 is 45.0. The molecule has 2 aromatic carbocycles. The van der Waals surface area contributed by atoms with E-state index in [-0.39, 0.29) is 17.2 Å². The minimum absolute atomic E-state index is 0.0891. The number of para-hydroxylation sites is 2. The number of nitrogens with one attached hydrogen (secondary N) is 2. The Hall–Kier alpha value is -3.62. The number of carbonyl (C=O) groups is 1. The molecule has 138 valence electrons. The zero-order chi connectivity index (χ0) is 19.4. The third kappa shape index (κ3) is 3.97. The van der Waals surface area contributed by atoms with Crippen LogP contribution in [0.4, 0.5) is 30.5 Å². The predicted molar refractivity (Wildman–Crippen MR) is 92.6 cm³/mol. The lowest BCUT2D eigenvalue weighted by molar-refractivity contribution is 0.102. The lowest BCUT2D eigenvalue weighted by Crippen LogP contribution is -2.13. The number of hydrogen-bond donors (Lipinski definition) is 2. The molecule has 0 spiro atoms. The summed E-state index contributed by atoms with van der Waals surface area (Å²) in [5.41, 5.74) is 0.272. The zero-order valence-corrected chi connectivity index (χ0v) is 14.0. The van der Waals surface area contributed by atoms with Gasteiger partial charge in [0.1, 0.15) is 5.75 Å². The molecule has 0 fully saturated rings. The third-order valence-corrected chi connectivity index (χ3v) is 3.55. The van der Waals surface area contributed by atoms with Crippen molar-refractivity contribution in [3.63, 3.8) is 0 Å². The van der Waals surface area contributed by atoms with E-state index in [1.54, 1.807) is 24.3 Å². The number of ether oxygens (including phenoxy) is 1. The molecule has 0 unspecified atom stereocenters. The molecule has 1 amide bonds. The van der Waals surface area contributed by atoms with Crippen LogP contribution in [0.1, 0.15) is 10.4 Å². The number of anilines is 3. The van der Waals surface area contributed by atoms with Crippen molar-refractivity contribution < 1.29 is 22.7 Å². The Kier molecular flexibility index (Phi) is 5.20. The first-order valence-corrected chi connectivity index (χ1v) is 7.66. The molecule has 2 N–H and O–H groups in total. The van der Waals surface area contributed by atoms with E-state index in [0.717, 1.165) is 12.1 Å². The van der Waals surface area contributed by atoms with Gasteiger partial charge in [0.05, 0.1) is 24.0 Å². The maximum absolute atomic E-state index is 13.7. The van der Waals surface area contributed by atoms with Crippen LogP contribution in [0.2, 0.25) is 0 Å². The SMILES string of the molecule is COc1ccccc1NC(=O)c1cnc(Nc2ccc(F)c(F)c2F)nc1. The smallest absolute Gasteiger partial charge is 0.258 e. The van der Waals surface area contributed by atoms with E-state index in [1.807, 2.05) is 0 Å². The highest BCUT2D eigenvalue weighted by Crippen LogP contribution is 2.24. The van der Waals surface area contributed by atoms with Gasteiger partial charge in [0.15, 0.2) is 17.5 Å². The molecule has 0 aliphatic carbocycles. The van der Waals surface area contributed by atoms with E-state index in [1.165, 1.54) is 19.5 Å². The van der Waals surface area contributed by atoms with E-state index in [9.17, 15) is 18.0 Å². The van der Waals surface area contributed by atoms with Crippen molar-refractivity contribution in [1.29, 1.82) is 0 Å². The van der Waals surface area contributed by atoms with Gasteiger partial charge in [0.25, 0.3) is 5.91 Å². The Bertz CT molecular complexity index is 981. The van der Waals surface area contributed by atoms with Crippen molar-refractivity contribution in [2.45, 2.75) is 0 Å². The van der Waals surface area contributed by atoms with Gasteiger partial charge in [-0.2, -0.15) is 0 Å². The molecule has 27 heavy (non-hydrogen) atoms. The standard InChI is InChI=1S/C18H13F3N4O2/c1-27-14-5-3-2-4-12(14)24-17(26)10-8-22-18(23-9-10)25-13-7-6-11(19)15(20)16(13)21/h2-9H,1H3,(H,24,26)(H,22,23,25). The summed E-state index contributed by atoms with van der Waals surface area (Å²) in [6.07, 6.45) is 2.41. The van der Waals surface area contributed by atoms with Crippen LogP contribution in [-0.2, 0) is 0 Å². The molecule has 1 heterocycles. The van der Waals surface area contributed by atoms with Crippen molar-refractivity contribution in [1.82, 2.24) is 9.97 Å². The summed E-state index contributed by atoms with van der Waals surface area (Å²) in [6, 6.07) is 8.64. The van der Waals surface area contributed by atoms with Crippen LogP contribution in [0.15, 0.2) is 48.8 Å². The maximum atomic E-state index is 13.7. The molecule has 6 nitrogen and oxygen atoms in total. The molecule has 0 aliphatic heterocycles. The molecule has 0 radical (unpaired) electrons. The number of hydrogen-bond acceptors (Lipinski definition) is 5. The Morgan fingerprint density at radius 2 is 1.67 bits per heavy atom. The van der Waals surface area contributed by atoms with E-state index in [4.69, 9.17) is 4.74 Å². The minimum atomic E-state index is -1.60. The van der Waals surface area contributed by atoms with Crippen LogP contribution >= 0.6 is 0 Å². The van der Waals surface area contributed by atoms with Crippen LogP contribution in [-0.4, -0.2) is 23.0 Å². The van der Waals surface area contributed by atoms with Gasteiger partial charge in [0, 0.05) is 12.4 Å². The lowest BCUT2D eigenvalue weighted by atomic mass is 10.2. The number of nitrogens with zero attached hydrogens (tertiary/aromatic N) is 2. The second-order valence-electron chi connectivity index (χ2n) is 5.30. The van der Waals surface area contributed by atoms with E-state index >= 15 is 0 Å². The third-order valence-electron chi connectivity index (χ3n) is 3.55. The Labute approximate surface area is 152 Å². The average Bonchev–Trinajstić information content (AvgIpc) is 2.69. The quantitative estimate of drug-likeness (QED) is 0.663. The minimum Gasteiger partial charge on any atom is -0.495 e. The molecule has 3 rings (SSSR count). The molecule has 0 bridgehead atoms. The van der Waals surface area contributed by atoms with E-state index < -0.39 is 23.4 Å². The van der Waals surface area contributed by atoms with Crippen molar-refractivity contribution in [2.75, 3.05) is 17.7 Å². The Balaban J connectivity index is 1.73. The molecule has 0 aliphatic rings. The summed E-state index contributed by atoms with van der Waals surface area (Å²) in [6.45, 7) is 0. The largest absolute Gasteiger partial charge is 0.495 e. The zero-order valence-electron chi connectivity index (χ0n) is 14.0. The number of benzene rings is 2. The fourth-order valence-corrected chi connectivity index (χ4v) is 2.20. The average molecular weight is 374 g/mol. The lowest BCUT2D eigenvalue weighted by Gasteiger charge is -2.10. The summed E-state index contributed by atoms with van der Waals surface area (Å²) in [5.74, 6) is -4.38. The second kappa shape index (κ2) is 7.73. The second-order valence-corrected chi connectivity index (χ2v) is 5.30. The molecule has 1 aromatic heterocycles. The molecule has 0 atom stereocenters. The highest BCUT2D eigenvalue weighted by atomic mass is 19.2. The van der Waals surface area contributed by atoms with Crippen molar-refractivity contribution in [2.24, 2.45) is 0 Å². The van der Waals surface area contributed by atoms with Crippen molar-refractivity contribution in [3.8, 4) is 5.75 Å². The normalized spacial score (nSPS) is 10.4. The molecule has 0 saturated carbocycles. The number of aromatic nitrogens is 2. The van der Waals surface area contributed by atoms with Crippen LogP contribution in [0, 0.1) is 17.5 Å². The highest BCUT2D eigenvalue weighted by molar-refractivity contribution is 6.04. The summed E-state index contributed by atoms with van der Waals surface area (Å²) in [7, 11) is 1.48. The van der Waals surface area contributed by atoms with Crippen LogP contribution < -0.4 is 15.4 Å². The molecular weight excluding hydrogens is 361 g/mol. The molecule has 3 aromatic rings. The van der Waals surface area contributed by atoms with Crippen LogP contribution in [0.25, 0.3) is 0 Å².